The summed E-state index contributed by atoms with van der Waals surface area (Å²) in [5.74, 6) is 0. The van der Waals surface area contributed by atoms with Crippen LogP contribution in [-0.2, 0) is 0 Å². The van der Waals surface area contributed by atoms with Crippen molar-refractivity contribution in [3.05, 3.63) is 30.3 Å². The third-order valence-electron chi connectivity index (χ3n) is 3.83. The molecular formula is C16H25N3. The smallest absolute Gasteiger partial charge is 0.106 e. The van der Waals surface area contributed by atoms with Crippen molar-refractivity contribution in [2.75, 3.05) is 25.0 Å². The Bertz CT molecular complexity index is 390. The van der Waals surface area contributed by atoms with E-state index in [4.69, 9.17) is 0 Å². The summed E-state index contributed by atoms with van der Waals surface area (Å²) >= 11 is 0. The van der Waals surface area contributed by atoms with Gasteiger partial charge in [-0.2, -0.15) is 5.26 Å². The SMILES string of the molecule is CCN(CCCC(C#N)(CC)NC)c1ccccc1. The topological polar surface area (TPSA) is 39.1 Å². The van der Waals surface area contributed by atoms with Gasteiger partial charge in [-0.1, -0.05) is 25.1 Å². The predicted octanol–water partition coefficient (Wildman–Crippen LogP) is 3.18. The van der Waals surface area contributed by atoms with Crippen LogP contribution in [0, 0.1) is 11.3 Å². The van der Waals surface area contributed by atoms with Crippen LogP contribution in [0.3, 0.4) is 0 Å². The Morgan fingerprint density at radius 1 is 1.26 bits per heavy atom. The Labute approximate surface area is 117 Å². The van der Waals surface area contributed by atoms with Crippen molar-refractivity contribution in [1.82, 2.24) is 5.32 Å². The molecule has 3 nitrogen and oxygen atoms in total. The van der Waals surface area contributed by atoms with Crippen LogP contribution in [-0.4, -0.2) is 25.7 Å². The van der Waals surface area contributed by atoms with E-state index in [1.807, 2.05) is 13.1 Å². The van der Waals surface area contributed by atoms with Gasteiger partial charge in [0, 0.05) is 18.8 Å². The molecule has 1 aromatic carbocycles. The number of hydrogen-bond acceptors (Lipinski definition) is 3. The molecule has 0 fully saturated rings. The van der Waals surface area contributed by atoms with Crippen molar-refractivity contribution in [3.63, 3.8) is 0 Å². The Balaban J connectivity index is 2.54. The van der Waals surface area contributed by atoms with Gasteiger partial charge >= 0.3 is 0 Å². The van der Waals surface area contributed by atoms with Crippen molar-refractivity contribution in [2.24, 2.45) is 0 Å². The summed E-state index contributed by atoms with van der Waals surface area (Å²) in [6.07, 6.45) is 2.75. The minimum absolute atomic E-state index is 0.365. The van der Waals surface area contributed by atoms with Gasteiger partial charge in [-0.3, -0.25) is 0 Å². The van der Waals surface area contributed by atoms with Crippen LogP contribution in [0.1, 0.15) is 33.1 Å². The second-order valence-corrected chi connectivity index (χ2v) is 4.82. The van der Waals surface area contributed by atoms with Crippen LogP contribution in [0.5, 0.6) is 0 Å². The fourth-order valence-electron chi connectivity index (χ4n) is 2.35. The van der Waals surface area contributed by atoms with E-state index in [9.17, 15) is 5.26 Å². The first-order chi connectivity index (χ1) is 9.21. The summed E-state index contributed by atoms with van der Waals surface area (Å²) in [5, 5.41) is 12.5. The Kier molecular flexibility index (Phi) is 6.38. The molecule has 0 bridgehead atoms. The van der Waals surface area contributed by atoms with Gasteiger partial charge in [0.05, 0.1) is 6.07 Å². The highest BCUT2D eigenvalue weighted by molar-refractivity contribution is 5.45. The summed E-state index contributed by atoms with van der Waals surface area (Å²) in [7, 11) is 1.88. The van der Waals surface area contributed by atoms with E-state index in [0.717, 1.165) is 32.4 Å². The van der Waals surface area contributed by atoms with Crippen molar-refractivity contribution in [3.8, 4) is 6.07 Å². The van der Waals surface area contributed by atoms with Gasteiger partial charge < -0.3 is 10.2 Å². The summed E-state index contributed by atoms with van der Waals surface area (Å²) in [5.41, 5.74) is 0.893. The van der Waals surface area contributed by atoms with Gasteiger partial charge in [-0.15, -0.1) is 0 Å². The van der Waals surface area contributed by atoms with Crippen LogP contribution in [0.25, 0.3) is 0 Å². The van der Waals surface area contributed by atoms with Crippen LogP contribution in [0.2, 0.25) is 0 Å². The second kappa shape index (κ2) is 7.81. The molecule has 0 saturated heterocycles. The third kappa shape index (κ3) is 4.25. The molecule has 1 atom stereocenters. The molecule has 104 valence electrons. The normalized spacial score (nSPS) is 13.6. The van der Waals surface area contributed by atoms with E-state index < -0.39 is 0 Å². The highest BCUT2D eigenvalue weighted by atomic mass is 15.1. The maximum Gasteiger partial charge on any atom is 0.106 e. The van der Waals surface area contributed by atoms with Crippen molar-refractivity contribution in [2.45, 2.75) is 38.6 Å². The van der Waals surface area contributed by atoms with Crippen LogP contribution in [0.4, 0.5) is 5.69 Å². The lowest BCUT2D eigenvalue weighted by Crippen LogP contribution is -2.41. The van der Waals surface area contributed by atoms with E-state index in [1.54, 1.807) is 0 Å². The molecule has 0 aliphatic rings. The van der Waals surface area contributed by atoms with Crippen molar-refractivity contribution < 1.29 is 0 Å². The van der Waals surface area contributed by atoms with E-state index in [2.05, 4.69) is 54.4 Å². The molecule has 0 amide bonds. The molecule has 0 heterocycles. The second-order valence-electron chi connectivity index (χ2n) is 4.82. The number of para-hydroxylation sites is 1. The number of nitrogens with one attached hydrogen (secondary N) is 1. The minimum atomic E-state index is -0.365. The standard InChI is InChI=1S/C16H25N3/c1-4-16(14-17,18-3)12-9-13-19(5-2)15-10-7-6-8-11-15/h6-8,10-11,18H,4-5,9,12-13H2,1-3H3. The number of hydrogen-bond donors (Lipinski definition) is 1. The predicted molar refractivity (Wildman–Crippen MR) is 81.3 cm³/mol. The van der Waals surface area contributed by atoms with Gasteiger partial charge in [0.15, 0.2) is 0 Å². The Morgan fingerprint density at radius 3 is 2.42 bits per heavy atom. The lowest BCUT2D eigenvalue weighted by molar-refractivity contribution is 0.393. The number of nitriles is 1. The van der Waals surface area contributed by atoms with Gasteiger partial charge in [-0.25, -0.2) is 0 Å². The summed E-state index contributed by atoms with van der Waals surface area (Å²) in [4.78, 5) is 2.35. The van der Waals surface area contributed by atoms with Crippen LogP contribution < -0.4 is 10.2 Å². The molecule has 0 aliphatic carbocycles. The molecule has 1 unspecified atom stereocenters. The number of rotatable bonds is 8. The molecule has 3 heteroatoms. The summed E-state index contributed by atoms with van der Waals surface area (Å²) < 4.78 is 0. The monoisotopic (exact) mass is 259 g/mol. The lowest BCUT2D eigenvalue weighted by atomic mass is 9.92. The maximum absolute atomic E-state index is 9.29. The average molecular weight is 259 g/mol. The van der Waals surface area contributed by atoms with E-state index in [-0.39, 0.29) is 5.54 Å². The Hall–Kier alpha value is -1.53. The fourth-order valence-corrected chi connectivity index (χ4v) is 2.35. The molecule has 0 aromatic heterocycles. The molecule has 1 aromatic rings. The largest absolute Gasteiger partial charge is 0.372 e. The highest BCUT2D eigenvalue weighted by Crippen LogP contribution is 2.18. The molecule has 0 radical (unpaired) electrons. The maximum atomic E-state index is 9.29. The first-order valence-electron chi connectivity index (χ1n) is 7.11. The van der Waals surface area contributed by atoms with Gasteiger partial charge in [0.1, 0.15) is 5.54 Å². The lowest BCUT2D eigenvalue weighted by Gasteiger charge is -2.27. The molecule has 1 rings (SSSR count). The van der Waals surface area contributed by atoms with Gasteiger partial charge in [0.2, 0.25) is 0 Å². The quantitative estimate of drug-likeness (QED) is 0.779. The van der Waals surface area contributed by atoms with Gasteiger partial charge in [-0.05, 0) is 45.4 Å². The molecule has 0 spiro atoms. The first-order valence-corrected chi connectivity index (χ1v) is 7.11. The third-order valence-corrected chi connectivity index (χ3v) is 3.83. The first kappa shape index (κ1) is 15.5. The van der Waals surface area contributed by atoms with Crippen LogP contribution in [0.15, 0.2) is 30.3 Å². The number of benzene rings is 1. The van der Waals surface area contributed by atoms with Gasteiger partial charge in [0.25, 0.3) is 0 Å². The minimum Gasteiger partial charge on any atom is -0.372 e. The zero-order valence-electron chi connectivity index (χ0n) is 12.3. The zero-order valence-corrected chi connectivity index (χ0v) is 12.3. The average Bonchev–Trinajstić information content (AvgIpc) is 2.49. The Morgan fingerprint density at radius 2 is 1.95 bits per heavy atom. The van der Waals surface area contributed by atoms with Crippen LogP contribution >= 0.6 is 0 Å². The highest BCUT2D eigenvalue weighted by Gasteiger charge is 2.24. The van der Waals surface area contributed by atoms with Crippen molar-refractivity contribution in [1.29, 1.82) is 5.26 Å². The molecule has 0 saturated carbocycles. The van der Waals surface area contributed by atoms with Crippen molar-refractivity contribution >= 4 is 5.69 Å². The zero-order chi connectivity index (χ0) is 14.1. The molecular weight excluding hydrogens is 234 g/mol. The summed E-state index contributed by atoms with van der Waals surface area (Å²) in [6.45, 7) is 6.22. The number of anilines is 1. The van der Waals surface area contributed by atoms with E-state index >= 15 is 0 Å². The summed E-state index contributed by atoms with van der Waals surface area (Å²) in [6, 6.07) is 12.9. The van der Waals surface area contributed by atoms with E-state index in [1.165, 1.54) is 5.69 Å². The number of nitrogens with zero attached hydrogens (tertiary/aromatic N) is 2. The van der Waals surface area contributed by atoms with E-state index in [0.29, 0.717) is 0 Å². The molecule has 1 N–H and O–H groups in total. The molecule has 19 heavy (non-hydrogen) atoms. The fraction of sp³-hybridized carbons (Fsp3) is 0.562. The molecule has 0 aliphatic heterocycles.